The lowest BCUT2D eigenvalue weighted by Crippen LogP contribution is -2.61. The highest BCUT2D eigenvalue weighted by Gasteiger charge is 2.68. The lowest BCUT2D eigenvalue weighted by Gasteiger charge is -2.59. The van der Waals surface area contributed by atoms with E-state index in [9.17, 15) is 63.3 Å². The van der Waals surface area contributed by atoms with Crippen LogP contribution < -0.4 is 30.1 Å². The van der Waals surface area contributed by atoms with Crippen molar-refractivity contribution in [2.24, 2.45) is 34.5 Å². The molecule has 0 radical (unpaired) electrons. The molecule has 0 bridgehead atoms. The van der Waals surface area contributed by atoms with Crippen LogP contribution in [0.5, 0.6) is 11.5 Å². The number of piperazine rings is 1. The number of carbonyl (C=O) groups is 8. The molecular weight excluding hydrogens is 1270 g/mol. The fraction of sp³-hybridized carbons (Fsp3) is 0.565. The van der Waals surface area contributed by atoms with Crippen LogP contribution in [0.4, 0.5) is 29.7 Å². The van der Waals surface area contributed by atoms with Crippen molar-refractivity contribution in [3.05, 3.63) is 91.5 Å². The Hall–Kier alpha value is -8.92. The van der Waals surface area contributed by atoms with Gasteiger partial charge in [-0.25, -0.2) is 28.0 Å². The number of allylic oxidation sites excluding steroid dienone is 4. The zero-order valence-corrected chi connectivity index (χ0v) is 54.5. The van der Waals surface area contributed by atoms with Crippen molar-refractivity contribution in [2.45, 2.75) is 140 Å². The van der Waals surface area contributed by atoms with E-state index in [2.05, 4.69) is 0 Å². The predicted octanol–water partition coefficient (Wildman–Crippen LogP) is 6.88. The number of halogens is 2. The minimum Gasteiger partial charge on any atom is -0.492 e. The smallest absolute Gasteiger partial charge is 0.413 e. The summed E-state index contributed by atoms with van der Waals surface area (Å²) in [6.45, 7) is 3.90. The van der Waals surface area contributed by atoms with Crippen molar-refractivity contribution in [2.75, 3.05) is 83.5 Å². The summed E-state index contributed by atoms with van der Waals surface area (Å²) >= 11 is 0. The molecule has 5 saturated carbocycles. The first-order valence-corrected chi connectivity index (χ1v) is 33.2. The van der Waals surface area contributed by atoms with Gasteiger partial charge in [-0.1, -0.05) is 25.5 Å². The topological polar surface area (TPSA) is 319 Å². The maximum atomic E-state index is 16.7. The van der Waals surface area contributed by atoms with Crippen LogP contribution in [0.25, 0.3) is 21.8 Å². The summed E-state index contributed by atoms with van der Waals surface area (Å²) in [4.78, 5) is 138. The Labute approximate surface area is 554 Å². The number of fused-ring (bicyclic) bond motifs is 8. The standard InChI is InChI=1S/C69H78F2N6O20/c1-35-27-72(21-22-74(35)65(88)96-33-94-53(82)15-14-52(81)93-32-51(80)69(90)19-17-46-41-13-8-37-23-40(78)16-18-67(37,2)54(41)50(79)26-68(46,69)3)57-47(70)25-43-56(61(57)91-4)77(39-11-12-39)30-45(60(43)84)64(87)95-34-97-66(89)75-20-6-7-36-28-73(31-49(36)75)58-48(71)24-42-55(62(58)92-5)76(38-9-10-38)29-44(59(42)83)63(85)86/h16,18,23-25,29-30,35-36,38-39,41,46,49-50,54,79,90H,6-15,17,19-22,26-28,31-34H2,1-5H3,(H,85,86)/t35?,36?,41?,46?,49?,50-,54?,67-,68-,69-/m0/s1. The SMILES string of the molecule is COc1c(N2CC3CCCN(C(=O)OCOC(=O)c4cn(C5CC5)c5c(OC)c(N6CCN(C(=O)OCOC(=O)CCC(=O)OCC(=O)[C@@]7(O)CCC8C9CCC%10=CC(=O)C=C[C@]%10(C)C9[C@@H](O)C[C@@]87C)C(C)C6)c(F)cc5c4=O)C3C2)c(F)cc2c(=O)c(C(=O)O)cn(C3CC3)c12. The van der Waals surface area contributed by atoms with Gasteiger partial charge >= 0.3 is 36.1 Å². The summed E-state index contributed by atoms with van der Waals surface area (Å²) in [6.07, 6.45) is 10.3. The number of hydrogen-bond acceptors (Lipinski definition) is 21. The summed E-state index contributed by atoms with van der Waals surface area (Å²) in [5.41, 5.74) is -4.55. The van der Waals surface area contributed by atoms with Crippen LogP contribution in [0.1, 0.15) is 137 Å². The number of nitrogens with zero attached hydrogens (tertiary/aromatic N) is 6. The van der Waals surface area contributed by atoms with E-state index in [1.807, 2.05) is 19.9 Å². The Morgan fingerprint density at radius 2 is 1.29 bits per heavy atom. The maximum absolute atomic E-state index is 16.7. The van der Waals surface area contributed by atoms with Crippen LogP contribution in [0.3, 0.4) is 0 Å². The largest absolute Gasteiger partial charge is 0.492 e. The van der Waals surface area contributed by atoms with E-state index in [4.69, 9.17) is 33.2 Å². The van der Waals surface area contributed by atoms with Gasteiger partial charge in [-0.3, -0.25) is 28.8 Å². The number of ether oxygens (including phenoxy) is 7. The second kappa shape index (κ2) is 25.5. The fourth-order valence-corrected chi connectivity index (χ4v) is 17.4. The third-order valence-electron chi connectivity index (χ3n) is 22.4. The number of aromatic nitrogens is 2. The van der Waals surface area contributed by atoms with Crippen LogP contribution in [0.2, 0.25) is 0 Å². The summed E-state index contributed by atoms with van der Waals surface area (Å²) in [6, 6.07) is 0.622. The summed E-state index contributed by atoms with van der Waals surface area (Å²) in [5.74, 6) is -7.26. The number of Topliss-reactive ketones (excluding diaryl/α,β-unsaturated/α-hetero) is 1. The van der Waals surface area contributed by atoms with Crippen LogP contribution in [-0.2, 0) is 42.9 Å². The van der Waals surface area contributed by atoms with E-state index < -0.39 is 143 Å². The minimum atomic E-state index is -1.88. The van der Waals surface area contributed by atoms with Gasteiger partial charge in [0.25, 0.3) is 0 Å². The van der Waals surface area contributed by atoms with Gasteiger partial charge in [0.05, 0.1) is 61.0 Å². The van der Waals surface area contributed by atoms with Gasteiger partial charge in [-0.15, -0.1) is 0 Å². The minimum absolute atomic E-state index is 0.000699. The number of aromatic carboxylic acids is 1. The number of carbonyl (C=O) groups excluding carboxylic acids is 7. The third-order valence-corrected chi connectivity index (χ3v) is 22.4. The molecule has 28 heteroatoms. The quantitative estimate of drug-likeness (QED) is 0.0519. The molecule has 2 amide bonds. The predicted molar refractivity (Wildman–Crippen MR) is 339 cm³/mol. The van der Waals surface area contributed by atoms with E-state index >= 15 is 8.78 Å². The molecular formula is C69H78F2N6O20. The number of pyridine rings is 2. The second-order valence-corrected chi connectivity index (χ2v) is 27.9. The molecule has 97 heavy (non-hydrogen) atoms. The Balaban J connectivity index is 0.588. The van der Waals surface area contributed by atoms with E-state index in [1.165, 1.54) is 36.4 Å². The van der Waals surface area contributed by atoms with Crippen molar-refractivity contribution < 1.29 is 95.6 Å². The molecule has 3 N–H and O–H groups in total. The van der Waals surface area contributed by atoms with Crippen molar-refractivity contribution in [1.29, 1.82) is 0 Å². The molecule has 4 aromatic rings. The van der Waals surface area contributed by atoms with Gasteiger partial charge in [0.15, 0.2) is 35.5 Å². The number of esters is 3. The highest BCUT2D eigenvalue weighted by molar-refractivity contribution is 6.02. The van der Waals surface area contributed by atoms with Gasteiger partial charge in [0.2, 0.25) is 30.2 Å². The first-order chi connectivity index (χ1) is 46.3. The van der Waals surface area contributed by atoms with Gasteiger partial charge in [0.1, 0.15) is 28.1 Å². The number of benzene rings is 2. The van der Waals surface area contributed by atoms with E-state index in [1.54, 1.807) is 38.0 Å². The number of hydrogen-bond donors (Lipinski definition) is 3. The van der Waals surface area contributed by atoms with Crippen molar-refractivity contribution in [1.82, 2.24) is 18.9 Å². The second-order valence-electron chi connectivity index (χ2n) is 27.9. The van der Waals surface area contributed by atoms with Gasteiger partial charge < -0.3 is 77.2 Å². The Morgan fingerprint density at radius 3 is 1.91 bits per heavy atom. The van der Waals surface area contributed by atoms with E-state index in [-0.39, 0.29) is 132 Å². The van der Waals surface area contributed by atoms with Crippen molar-refractivity contribution >= 4 is 80.8 Å². The van der Waals surface area contributed by atoms with Gasteiger partial charge in [-0.05, 0) is 120 Å². The number of ketones is 2. The molecule has 26 nitrogen and oxygen atoms in total. The van der Waals surface area contributed by atoms with Crippen molar-refractivity contribution in [3.8, 4) is 11.5 Å². The zero-order chi connectivity index (χ0) is 68.9. The number of rotatable bonds is 18. The van der Waals surface area contributed by atoms with Gasteiger partial charge in [0, 0.05) is 86.5 Å². The molecule has 518 valence electrons. The molecule has 10 atom stereocenters. The van der Waals surface area contributed by atoms with Crippen LogP contribution in [0, 0.1) is 46.1 Å². The summed E-state index contributed by atoms with van der Waals surface area (Å²) in [7, 11) is 2.66. The number of aliphatic hydroxyl groups is 2. The number of methoxy groups -OCH3 is 2. The summed E-state index contributed by atoms with van der Waals surface area (Å²) < 4.78 is 74.4. The molecule has 6 aliphatic carbocycles. The molecule has 9 aliphatic rings. The van der Waals surface area contributed by atoms with Crippen LogP contribution >= 0.6 is 0 Å². The van der Waals surface area contributed by atoms with Gasteiger partial charge in [-0.2, -0.15) is 0 Å². The number of amides is 2. The third kappa shape index (κ3) is 11.6. The molecule has 8 fully saturated rings. The molecule has 0 spiro atoms. The monoisotopic (exact) mass is 1350 g/mol. The highest BCUT2D eigenvalue weighted by Crippen LogP contribution is 2.67. The number of carboxylic acids is 1. The molecule has 13 rings (SSSR count). The number of likely N-dealkylation sites (tertiary alicyclic amines) is 1. The lowest BCUT2D eigenvalue weighted by atomic mass is 9.46. The number of piperidine rings is 1. The average molecular weight is 1350 g/mol. The van der Waals surface area contributed by atoms with Crippen molar-refractivity contribution in [3.63, 3.8) is 0 Å². The summed E-state index contributed by atoms with van der Waals surface area (Å²) in [5, 5.41) is 33.2. The molecule has 5 heterocycles. The average Bonchev–Trinajstić information content (AvgIpc) is 1.35. The lowest BCUT2D eigenvalue weighted by molar-refractivity contribution is -0.181. The fourth-order valence-electron chi connectivity index (χ4n) is 17.4. The maximum Gasteiger partial charge on any atom is 0.413 e. The molecule has 2 aromatic heterocycles. The molecule has 2 aromatic carbocycles. The first kappa shape index (κ1) is 66.7. The Kier molecular flexibility index (Phi) is 17.5. The van der Waals surface area contributed by atoms with Crippen LogP contribution in [0.15, 0.2) is 57.9 Å². The molecule has 3 aliphatic heterocycles. The van der Waals surface area contributed by atoms with Crippen LogP contribution in [-0.4, -0.2) is 179 Å². The Morgan fingerprint density at radius 1 is 0.691 bits per heavy atom. The molecule has 3 saturated heterocycles. The zero-order valence-electron chi connectivity index (χ0n) is 54.5. The van der Waals surface area contributed by atoms with E-state index in [0.29, 0.717) is 51.5 Å². The highest BCUT2D eigenvalue weighted by atomic mass is 19.1. The molecule has 6 unspecified atom stereocenters. The Bertz CT molecular complexity index is 4180. The number of anilines is 2. The normalized spacial score (nSPS) is 28.1. The van der Waals surface area contributed by atoms with E-state index in [0.717, 1.165) is 30.5 Å². The first-order valence-electron chi connectivity index (χ1n) is 33.2. The number of aliphatic hydroxyl groups excluding tert-OH is 1. The number of carboxylic acid groups (broad SMARTS) is 1.